The Bertz CT molecular complexity index is 1640. The van der Waals surface area contributed by atoms with Crippen LogP contribution in [-0.4, -0.2) is 60.0 Å². The Morgan fingerprint density at radius 3 is 2.83 bits per heavy atom. The number of imidazole rings is 2. The summed E-state index contributed by atoms with van der Waals surface area (Å²) in [6.07, 6.45) is 2.75. The van der Waals surface area contributed by atoms with Gasteiger partial charge in [-0.15, -0.1) is 0 Å². The van der Waals surface area contributed by atoms with Crippen molar-refractivity contribution in [3.8, 4) is 5.95 Å². The number of aromatic amines is 1. The number of aliphatic hydroxyl groups excluding tert-OH is 1. The molecule has 1 saturated heterocycles. The number of aliphatic hydroxyl groups is 1. The standard InChI is InChI=1S/C24H21F2N7O3/c1-3-15-17(6-7-36-20(15)12(2)25)33-22-19(28-24(33)35)21(31-9-14(34)10-31)29-23(30-22)32-11-27-16-5-4-13(26)8-18(16)32/h3-5,8,11,14,17,34H,1-2,6-7,9-10H2,(H,28,35)/t17-/m1/s1. The van der Waals surface area contributed by atoms with Crippen molar-refractivity contribution in [3.05, 3.63) is 77.2 Å². The van der Waals surface area contributed by atoms with Crippen molar-refractivity contribution in [2.45, 2.75) is 18.6 Å². The highest BCUT2D eigenvalue weighted by molar-refractivity contribution is 5.86. The average molecular weight is 493 g/mol. The summed E-state index contributed by atoms with van der Waals surface area (Å²) in [5.74, 6) is -0.706. The van der Waals surface area contributed by atoms with Crippen molar-refractivity contribution in [3.63, 3.8) is 0 Å². The second kappa shape index (κ2) is 8.12. The number of aromatic nitrogens is 6. The van der Waals surface area contributed by atoms with Gasteiger partial charge in [-0.2, -0.15) is 9.97 Å². The number of hydrogen-bond acceptors (Lipinski definition) is 7. The zero-order valence-electron chi connectivity index (χ0n) is 19.0. The summed E-state index contributed by atoms with van der Waals surface area (Å²) < 4.78 is 36.6. The monoisotopic (exact) mass is 493 g/mol. The van der Waals surface area contributed by atoms with Crippen LogP contribution in [-0.2, 0) is 4.74 Å². The number of halogens is 2. The van der Waals surface area contributed by atoms with Crippen molar-refractivity contribution in [2.75, 3.05) is 24.6 Å². The minimum Gasteiger partial charge on any atom is -0.490 e. The van der Waals surface area contributed by atoms with Gasteiger partial charge in [0.15, 0.2) is 23.1 Å². The van der Waals surface area contributed by atoms with Crippen LogP contribution < -0.4 is 10.6 Å². The van der Waals surface area contributed by atoms with E-state index in [4.69, 9.17) is 4.74 Å². The molecule has 3 aromatic heterocycles. The summed E-state index contributed by atoms with van der Waals surface area (Å²) in [6.45, 7) is 7.91. The number of allylic oxidation sites excluding steroid dienone is 3. The molecule has 0 saturated carbocycles. The topological polar surface area (TPSA) is 114 Å². The molecule has 1 fully saturated rings. The molecule has 184 valence electrons. The molecule has 0 radical (unpaired) electrons. The average Bonchev–Trinajstić information content (AvgIpc) is 3.40. The molecule has 4 aromatic rings. The van der Waals surface area contributed by atoms with Crippen LogP contribution in [0.15, 0.2) is 65.7 Å². The van der Waals surface area contributed by atoms with Crippen LogP contribution in [0.2, 0.25) is 0 Å². The predicted octanol–water partition coefficient (Wildman–Crippen LogP) is 2.66. The van der Waals surface area contributed by atoms with Gasteiger partial charge in [0.25, 0.3) is 0 Å². The molecule has 2 aliphatic rings. The predicted molar refractivity (Wildman–Crippen MR) is 128 cm³/mol. The number of H-pyrrole nitrogens is 1. The van der Waals surface area contributed by atoms with Crippen LogP contribution in [0, 0.1) is 5.82 Å². The molecule has 12 heteroatoms. The van der Waals surface area contributed by atoms with E-state index >= 15 is 0 Å². The second-order valence-electron chi connectivity index (χ2n) is 8.70. The number of hydrogen-bond donors (Lipinski definition) is 2. The number of β-amino-alcohol motifs (C(OH)–C–C–N with tert-alkyl or cyclic N) is 1. The normalized spacial score (nSPS) is 18.5. The highest BCUT2D eigenvalue weighted by Crippen LogP contribution is 2.36. The zero-order valence-corrected chi connectivity index (χ0v) is 19.0. The molecule has 6 rings (SSSR count). The van der Waals surface area contributed by atoms with Crippen molar-refractivity contribution in [2.24, 2.45) is 0 Å². The molecule has 36 heavy (non-hydrogen) atoms. The lowest BCUT2D eigenvalue weighted by atomic mass is 9.99. The Kier molecular flexibility index (Phi) is 5.00. The van der Waals surface area contributed by atoms with E-state index in [0.29, 0.717) is 47.5 Å². The lowest BCUT2D eigenvalue weighted by molar-refractivity contribution is 0.141. The summed E-state index contributed by atoms with van der Waals surface area (Å²) in [5, 5.41) is 9.89. The number of nitrogens with zero attached hydrogens (tertiary/aromatic N) is 6. The Morgan fingerprint density at radius 2 is 2.11 bits per heavy atom. The molecular formula is C24H21F2N7O3. The van der Waals surface area contributed by atoms with Crippen LogP contribution in [0.25, 0.3) is 28.1 Å². The molecular weight excluding hydrogens is 472 g/mol. The van der Waals surface area contributed by atoms with E-state index in [1.165, 1.54) is 33.7 Å². The minimum absolute atomic E-state index is 0.0565. The number of rotatable bonds is 5. The number of nitrogens with one attached hydrogen (secondary N) is 1. The molecule has 0 spiro atoms. The molecule has 10 nitrogen and oxygen atoms in total. The van der Waals surface area contributed by atoms with Gasteiger partial charge >= 0.3 is 5.69 Å². The van der Waals surface area contributed by atoms with Gasteiger partial charge in [-0.1, -0.05) is 19.2 Å². The smallest absolute Gasteiger partial charge is 0.328 e. The van der Waals surface area contributed by atoms with Gasteiger partial charge in [-0.25, -0.2) is 18.6 Å². The maximum absolute atomic E-state index is 14.1. The minimum atomic E-state index is -0.764. The summed E-state index contributed by atoms with van der Waals surface area (Å²) in [6, 6.07) is 3.55. The van der Waals surface area contributed by atoms with Crippen LogP contribution in [0.3, 0.4) is 0 Å². The van der Waals surface area contributed by atoms with E-state index < -0.39 is 29.5 Å². The fourth-order valence-corrected chi connectivity index (χ4v) is 4.76. The van der Waals surface area contributed by atoms with Gasteiger partial charge in [0, 0.05) is 31.1 Å². The first kappa shape index (κ1) is 22.2. The molecule has 0 amide bonds. The molecule has 1 aromatic carbocycles. The van der Waals surface area contributed by atoms with E-state index in [1.807, 2.05) is 0 Å². The maximum atomic E-state index is 14.1. The highest BCUT2D eigenvalue weighted by Gasteiger charge is 2.33. The van der Waals surface area contributed by atoms with E-state index in [0.717, 1.165) is 0 Å². The number of benzene rings is 1. The van der Waals surface area contributed by atoms with Crippen LogP contribution >= 0.6 is 0 Å². The van der Waals surface area contributed by atoms with E-state index in [9.17, 15) is 18.7 Å². The highest BCUT2D eigenvalue weighted by atomic mass is 19.1. The Balaban J connectivity index is 1.62. The number of anilines is 1. The largest absolute Gasteiger partial charge is 0.490 e. The van der Waals surface area contributed by atoms with Gasteiger partial charge in [0.05, 0.1) is 29.8 Å². The van der Waals surface area contributed by atoms with Crippen molar-refractivity contribution in [1.29, 1.82) is 0 Å². The zero-order chi connectivity index (χ0) is 25.1. The molecule has 0 aliphatic carbocycles. The van der Waals surface area contributed by atoms with Crippen molar-refractivity contribution < 1.29 is 18.6 Å². The van der Waals surface area contributed by atoms with Crippen LogP contribution in [0.5, 0.6) is 0 Å². The van der Waals surface area contributed by atoms with Crippen LogP contribution in [0.4, 0.5) is 14.6 Å². The van der Waals surface area contributed by atoms with E-state index in [2.05, 4.69) is 33.1 Å². The van der Waals surface area contributed by atoms with Crippen LogP contribution in [0.1, 0.15) is 12.5 Å². The Morgan fingerprint density at radius 1 is 1.31 bits per heavy atom. The molecule has 2 N–H and O–H groups in total. The lowest BCUT2D eigenvalue weighted by Gasteiger charge is -2.37. The first-order valence-corrected chi connectivity index (χ1v) is 11.3. The second-order valence-corrected chi connectivity index (χ2v) is 8.70. The first-order chi connectivity index (χ1) is 17.4. The SMILES string of the molecule is C=CC1=C(C(=C)F)OCC[C@H]1n1c(=O)[nH]c2c(N3CC(O)C3)nc(-n3cnc4ccc(F)cc43)nc21. The summed E-state index contributed by atoms with van der Waals surface area (Å²) in [7, 11) is 0. The fourth-order valence-electron chi connectivity index (χ4n) is 4.76. The Hall–Kier alpha value is -4.32. The maximum Gasteiger partial charge on any atom is 0.328 e. The van der Waals surface area contributed by atoms with Gasteiger partial charge < -0.3 is 19.7 Å². The van der Waals surface area contributed by atoms with Gasteiger partial charge in [-0.3, -0.25) is 9.13 Å². The van der Waals surface area contributed by atoms with Gasteiger partial charge in [0.2, 0.25) is 5.95 Å². The summed E-state index contributed by atoms with van der Waals surface area (Å²) in [4.78, 5) is 31.5. The molecule has 1 atom stereocenters. The summed E-state index contributed by atoms with van der Waals surface area (Å²) >= 11 is 0. The third kappa shape index (κ3) is 3.33. The first-order valence-electron chi connectivity index (χ1n) is 11.3. The molecule has 0 unspecified atom stereocenters. The summed E-state index contributed by atoms with van der Waals surface area (Å²) in [5.41, 5.74) is 1.50. The Labute approximate surface area is 202 Å². The van der Waals surface area contributed by atoms with Gasteiger partial charge in [0.1, 0.15) is 17.7 Å². The fraction of sp³-hybridized carbons (Fsp3) is 0.250. The van der Waals surface area contributed by atoms with Crippen molar-refractivity contribution in [1.82, 2.24) is 29.1 Å². The third-order valence-electron chi connectivity index (χ3n) is 6.46. The third-order valence-corrected chi connectivity index (χ3v) is 6.46. The molecule has 5 heterocycles. The quantitative estimate of drug-likeness (QED) is 0.439. The van der Waals surface area contributed by atoms with E-state index in [1.54, 1.807) is 11.0 Å². The van der Waals surface area contributed by atoms with Gasteiger partial charge in [-0.05, 0) is 12.1 Å². The molecule has 2 aliphatic heterocycles. The lowest BCUT2D eigenvalue weighted by Crippen LogP contribution is -2.51. The van der Waals surface area contributed by atoms with Crippen molar-refractivity contribution >= 4 is 28.0 Å². The molecule has 0 bridgehead atoms. The number of ether oxygens (including phenoxy) is 1. The van der Waals surface area contributed by atoms with E-state index in [-0.39, 0.29) is 24.0 Å². The number of fused-ring (bicyclic) bond motifs is 2.